The lowest BCUT2D eigenvalue weighted by molar-refractivity contribution is 0.0697. The average molecular weight is 287 g/mol. The molecule has 1 aromatic carbocycles. The van der Waals surface area contributed by atoms with E-state index < -0.39 is 5.97 Å². The number of carboxylic acids is 1. The van der Waals surface area contributed by atoms with Gasteiger partial charge in [0.15, 0.2) is 5.58 Å². The lowest BCUT2D eigenvalue weighted by Gasteiger charge is -2.33. The highest BCUT2D eigenvalue weighted by molar-refractivity contribution is 5.92. The van der Waals surface area contributed by atoms with Gasteiger partial charge in [0.2, 0.25) is 0 Å². The lowest BCUT2D eigenvalue weighted by atomic mass is 10.2. The van der Waals surface area contributed by atoms with E-state index in [1.54, 1.807) is 18.2 Å². The molecule has 1 saturated heterocycles. The number of piperazine rings is 1. The van der Waals surface area contributed by atoms with Crippen molar-refractivity contribution in [2.24, 2.45) is 0 Å². The Hall–Kier alpha value is -2.08. The number of hydrogen-bond acceptors (Lipinski definition) is 5. The number of anilines is 1. The van der Waals surface area contributed by atoms with Crippen LogP contribution in [0.2, 0.25) is 0 Å². The topological polar surface area (TPSA) is 69.8 Å². The molecule has 0 radical (unpaired) electrons. The van der Waals surface area contributed by atoms with E-state index in [0.29, 0.717) is 17.1 Å². The SMILES string of the molecule is O=C(O)c1ccc2oc(N3CCN(C4CC4)CC3)nc2c1. The van der Waals surface area contributed by atoms with Gasteiger partial charge in [0.1, 0.15) is 5.52 Å². The fourth-order valence-electron chi connectivity index (χ4n) is 2.90. The standard InChI is InChI=1S/C15H17N3O3/c19-14(20)10-1-4-13-12(9-10)16-15(21-13)18-7-5-17(6-8-18)11-2-3-11/h1,4,9,11H,2-3,5-8H2,(H,19,20). The third kappa shape index (κ3) is 2.35. The molecule has 2 aliphatic rings. The van der Waals surface area contributed by atoms with Crippen molar-refractivity contribution in [1.82, 2.24) is 9.88 Å². The van der Waals surface area contributed by atoms with E-state index in [9.17, 15) is 4.79 Å². The molecule has 0 atom stereocenters. The number of aromatic carboxylic acids is 1. The summed E-state index contributed by atoms with van der Waals surface area (Å²) in [7, 11) is 0. The molecule has 6 heteroatoms. The fourth-order valence-corrected chi connectivity index (χ4v) is 2.90. The van der Waals surface area contributed by atoms with Crippen LogP contribution in [0.1, 0.15) is 23.2 Å². The Morgan fingerprint density at radius 1 is 1.24 bits per heavy atom. The van der Waals surface area contributed by atoms with Gasteiger partial charge in [-0.25, -0.2) is 4.79 Å². The highest BCUT2D eigenvalue weighted by Crippen LogP contribution is 2.29. The minimum Gasteiger partial charge on any atom is -0.478 e. The number of rotatable bonds is 3. The molecule has 2 aromatic rings. The van der Waals surface area contributed by atoms with Crippen molar-refractivity contribution in [2.45, 2.75) is 18.9 Å². The summed E-state index contributed by atoms with van der Waals surface area (Å²) in [5.74, 6) is -0.945. The van der Waals surface area contributed by atoms with Gasteiger partial charge in [-0.1, -0.05) is 0 Å². The van der Waals surface area contributed by atoms with Crippen molar-refractivity contribution in [1.29, 1.82) is 0 Å². The van der Waals surface area contributed by atoms with E-state index in [-0.39, 0.29) is 5.56 Å². The van der Waals surface area contributed by atoms with Crippen LogP contribution >= 0.6 is 0 Å². The normalized spacial score (nSPS) is 20.1. The smallest absolute Gasteiger partial charge is 0.335 e. The number of hydrogen-bond donors (Lipinski definition) is 1. The summed E-state index contributed by atoms with van der Waals surface area (Å²) in [5, 5.41) is 9.01. The minimum absolute atomic E-state index is 0.237. The first kappa shape index (κ1) is 12.6. The molecule has 1 aliphatic heterocycles. The second-order valence-electron chi connectivity index (χ2n) is 5.74. The van der Waals surface area contributed by atoms with Gasteiger partial charge < -0.3 is 14.4 Å². The zero-order chi connectivity index (χ0) is 14.4. The monoisotopic (exact) mass is 287 g/mol. The quantitative estimate of drug-likeness (QED) is 0.928. The van der Waals surface area contributed by atoms with Crippen LogP contribution in [0.3, 0.4) is 0 Å². The Bertz CT molecular complexity index is 685. The maximum Gasteiger partial charge on any atom is 0.335 e. The maximum atomic E-state index is 11.0. The molecule has 1 saturated carbocycles. The Kier molecular flexibility index (Phi) is 2.85. The van der Waals surface area contributed by atoms with E-state index in [4.69, 9.17) is 9.52 Å². The zero-order valence-corrected chi connectivity index (χ0v) is 11.7. The van der Waals surface area contributed by atoms with Crippen LogP contribution in [-0.2, 0) is 0 Å². The van der Waals surface area contributed by atoms with E-state index in [2.05, 4.69) is 14.8 Å². The summed E-state index contributed by atoms with van der Waals surface area (Å²) in [6, 6.07) is 6.18. The van der Waals surface area contributed by atoms with Crippen molar-refractivity contribution >= 4 is 23.1 Å². The molecule has 0 spiro atoms. The highest BCUT2D eigenvalue weighted by atomic mass is 16.4. The second-order valence-corrected chi connectivity index (χ2v) is 5.74. The third-order valence-electron chi connectivity index (χ3n) is 4.27. The van der Waals surface area contributed by atoms with Crippen LogP contribution in [0.4, 0.5) is 6.01 Å². The number of benzene rings is 1. The molecule has 21 heavy (non-hydrogen) atoms. The molecule has 0 amide bonds. The molecular formula is C15H17N3O3. The van der Waals surface area contributed by atoms with Crippen molar-refractivity contribution in [3.8, 4) is 0 Å². The van der Waals surface area contributed by atoms with Crippen LogP contribution in [0.15, 0.2) is 22.6 Å². The van der Waals surface area contributed by atoms with E-state index in [0.717, 1.165) is 32.2 Å². The Morgan fingerprint density at radius 3 is 2.67 bits per heavy atom. The zero-order valence-electron chi connectivity index (χ0n) is 11.7. The van der Waals surface area contributed by atoms with Crippen molar-refractivity contribution in [2.75, 3.05) is 31.1 Å². The number of oxazole rings is 1. The van der Waals surface area contributed by atoms with Gasteiger partial charge in [-0.15, -0.1) is 0 Å². The van der Waals surface area contributed by atoms with Gasteiger partial charge in [-0.3, -0.25) is 4.90 Å². The summed E-state index contributed by atoms with van der Waals surface area (Å²) in [4.78, 5) is 20.1. The molecule has 1 aromatic heterocycles. The summed E-state index contributed by atoms with van der Waals surface area (Å²) < 4.78 is 5.76. The molecule has 0 unspecified atom stereocenters. The van der Waals surface area contributed by atoms with Gasteiger partial charge in [0.25, 0.3) is 6.01 Å². The van der Waals surface area contributed by atoms with Gasteiger partial charge in [0.05, 0.1) is 5.56 Å². The summed E-state index contributed by atoms with van der Waals surface area (Å²) in [6.45, 7) is 3.91. The fraction of sp³-hybridized carbons (Fsp3) is 0.467. The number of aromatic nitrogens is 1. The van der Waals surface area contributed by atoms with Gasteiger partial charge >= 0.3 is 5.97 Å². The Morgan fingerprint density at radius 2 is 2.00 bits per heavy atom. The predicted molar refractivity (Wildman–Crippen MR) is 77.8 cm³/mol. The number of fused-ring (bicyclic) bond motifs is 1. The van der Waals surface area contributed by atoms with Crippen molar-refractivity contribution in [3.63, 3.8) is 0 Å². The van der Waals surface area contributed by atoms with Crippen LogP contribution in [0.5, 0.6) is 0 Å². The average Bonchev–Trinajstić information content (AvgIpc) is 3.25. The highest BCUT2D eigenvalue weighted by Gasteiger charge is 2.32. The molecule has 4 rings (SSSR count). The Labute approximate surface area is 122 Å². The van der Waals surface area contributed by atoms with Gasteiger partial charge in [-0.2, -0.15) is 4.98 Å². The molecule has 110 valence electrons. The lowest BCUT2D eigenvalue weighted by Crippen LogP contribution is -2.47. The molecule has 2 fully saturated rings. The molecular weight excluding hydrogens is 270 g/mol. The molecule has 1 aliphatic carbocycles. The number of carboxylic acid groups (broad SMARTS) is 1. The van der Waals surface area contributed by atoms with Crippen LogP contribution in [0.25, 0.3) is 11.1 Å². The third-order valence-corrected chi connectivity index (χ3v) is 4.27. The first-order chi connectivity index (χ1) is 10.2. The summed E-state index contributed by atoms with van der Waals surface area (Å²) >= 11 is 0. The van der Waals surface area contributed by atoms with Crippen LogP contribution < -0.4 is 4.90 Å². The van der Waals surface area contributed by atoms with Gasteiger partial charge in [-0.05, 0) is 31.0 Å². The van der Waals surface area contributed by atoms with Crippen LogP contribution in [0, 0.1) is 0 Å². The Balaban J connectivity index is 1.54. The molecule has 2 heterocycles. The van der Waals surface area contributed by atoms with Crippen molar-refractivity contribution in [3.05, 3.63) is 23.8 Å². The molecule has 0 bridgehead atoms. The summed E-state index contributed by atoms with van der Waals surface area (Å²) in [5.41, 5.74) is 1.48. The van der Waals surface area contributed by atoms with Crippen molar-refractivity contribution < 1.29 is 14.3 Å². The number of carbonyl (C=O) groups is 1. The first-order valence-electron chi connectivity index (χ1n) is 7.33. The van der Waals surface area contributed by atoms with E-state index >= 15 is 0 Å². The van der Waals surface area contributed by atoms with Crippen LogP contribution in [-0.4, -0.2) is 53.2 Å². The second kappa shape index (κ2) is 4.73. The number of nitrogens with zero attached hydrogens (tertiary/aromatic N) is 3. The maximum absolute atomic E-state index is 11.0. The first-order valence-corrected chi connectivity index (χ1v) is 7.33. The minimum atomic E-state index is -0.945. The van der Waals surface area contributed by atoms with E-state index in [1.165, 1.54) is 12.8 Å². The largest absolute Gasteiger partial charge is 0.478 e. The van der Waals surface area contributed by atoms with E-state index in [1.807, 2.05) is 0 Å². The van der Waals surface area contributed by atoms with Gasteiger partial charge in [0, 0.05) is 32.2 Å². The summed E-state index contributed by atoms with van der Waals surface area (Å²) in [6.07, 6.45) is 2.67. The predicted octanol–water partition coefficient (Wildman–Crippen LogP) is 1.81. The molecule has 1 N–H and O–H groups in total. The molecule has 6 nitrogen and oxygen atoms in total.